The summed E-state index contributed by atoms with van der Waals surface area (Å²) in [6.45, 7) is 0. The Morgan fingerprint density at radius 1 is 0.214 bits per heavy atom. The van der Waals surface area contributed by atoms with Gasteiger partial charge in [0.2, 0.25) is 0 Å². The summed E-state index contributed by atoms with van der Waals surface area (Å²) >= 11 is 3.58. The molecule has 0 saturated heterocycles. The largest absolute Gasteiger partial charge is 0.489 e. The van der Waals surface area contributed by atoms with Crippen molar-refractivity contribution < 1.29 is 18.9 Å². The molecule has 0 radical (unpaired) electrons. The first-order valence-electron chi connectivity index (χ1n) is 33.1. The van der Waals surface area contributed by atoms with Crippen LogP contribution in [0, 0.1) is 0 Å². The number of hydrogen-bond acceptors (Lipinski definition) is 4. The minimum absolute atomic E-state index is 0.566. The van der Waals surface area contributed by atoms with Gasteiger partial charge in [-0.2, -0.15) is 0 Å². The lowest BCUT2D eigenvalue weighted by molar-refractivity contribution is 0.426. The topological polar surface area (TPSA) is 66.7 Å². The number of rotatable bonds is 6. The Morgan fingerprint density at radius 3 is 0.898 bits per heavy atom. The highest BCUT2D eigenvalue weighted by molar-refractivity contribution is 9.10. The van der Waals surface area contributed by atoms with Gasteiger partial charge in [0.1, 0.15) is 22.3 Å². The zero-order chi connectivity index (χ0) is 65.4. The summed E-state index contributed by atoms with van der Waals surface area (Å²) in [5, 5.41) is 43.2. The van der Waals surface area contributed by atoms with Crippen molar-refractivity contribution in [3.05, 3.63) is 344 Å². The van der Waals surface area contributed by atoms with Crippen molar-refractivity contribution in [1.29, 1.82) is 0 Å². The number of fused-ring (bicyclic) bond motifs is 20. The summed E-state index contributed by atoms with van der Waals surface area (Å²) in [6.07, 6.45) is 0. The average Bonchev–Trinajstić information content (AvgIpc) is 1.29. The molecule has 0 aliphatic carbocycles. The van der Waals surface area contributed by atoms with Gasteiger partial charge < -0.3 is 18.9 Å². The van der Waals surface area contributed by atoms with Crippen LogP contribution in [-0.4, -0.2) is 17.2 Å². The molecular formula is C92H58BBrO4. The molecule has 0 unspecified atom stereocenters. The first-order chi connectivity index (χ1) is 48.4. The van der Waals surface area contributed by atoms with E-state index in [0.717, 1.165) is 81.0 Å². The normalized spacial score (nSPS) is 11.6. The van der Waals surface area contributed by atoms with Crippen LogP contribution in [0.15, 0.2) is 353 Å². The molecule has 2 heterocycles. The van der Waals surface area contributed by atoms with Crippen LogP contribution in [0.2, 0.25) is 0 Å². The molecule has 98 heavy (non-hydrogen) atoms. The zero-order valence-electron chi connectivity index (χ0n) is 53.0. The van der Waals surface area contributed by atoms with Crippen molar-refractivity contribution in [2.45, 2.75) is 0 Å². The molecule has 20 aromatic rings. The molecule has 460 valence electrons. The quantitative estimate of drug-likeness (QED) is 0.0989. The van der Waals surface area contributed by atoms with Crippen LogP contribution in [0.4, 0.5) is 0 Å². The molecule has 2 aromatic heterocycles. The summed E-state index contributed by atoms with van der Waals surface area (Å²) < 4.78 is 14.1. The van der Waals surface area contributed by atoms with Gasteiger partial charge in [0.25, 0.3) is 0 Å². The van der Waals surface area contributed by atoms with Crippen LogP contribution >= 0.6 is 15.9 Å². The maximum Gasteiger partial charge on any atom is 0.489 e. The van der Waals surface area contributed by atoms with Gasteiger partial charge in [-0.15, -0.1) is 0 Å². The van der Waals surface area contributed by atoms with E-state index in [-0.39, 0.29) is 0 Å². The van der Waals surface area contributed by atoms with Crippen molar-refractivity contribution in [3.8, 4) is 55.6 Å². The van der Waals surface area contributed by atoms with Crippen LogP contribution < -0.4 is 5.46 Å². The molecular weight excluding hydrogens is 1260 g/mol. The van der Waals surface area contributed by atoms with Gasteiger partial charge in [-0.1, -0.05) is 313 Å². The standard InChI is InChI=1S/C46H28O.C26H15BrO.C20H15BO2/c1-2-13-29(14-3-1)43-36-20-7-9-22-38(36)44(39-23-10-8-21-37(39)43)32-16-12-15-30(27-32)31-25-26-42-41(28-31)45-35-19-6-4-17-33(35)34-18-5-11-24-40(34)46(45)47-42;27-18-7-5-6-16(14-18)17-12-13-24-23(15-17)25-21-10-3-1-8-19(21)20-9-2-4-11-22(20)26(25)28-24;22-21(23)20-17-12-6-4-10-15(17)19(14-8-2-1-3-9-14)16-11-5-7-13-18(16)20/h1-28H;1-15H;1-13,22-23H. The monoisotopic (exact) mass is 1320 g/mol. The van der Waals surface area contributed by atoms with Gasteiger partial charge in [-0.05, 0) is 179 Å². The van der Waals surface area contributed by atoms with Gasteiger partial charge in [0.15, 0.2) is 0 Å². The van der Waals surface area contributed by atoms with Crippen LogP contribution in [0.3, 0.4) is 0 Å². The first kappa shape index (κ1) is 58.7. The third kappa shape index (κ3) is 9.91. The van der Waals surface area contributed by atoms with E-state index in [2.05, 4.69) is 289 Å². The summed E-state index contributed by atoms with van der Waals surface area (Å²) in [7, 11) is -1.50. The molecule has 0 fully saturated rings. The smallest absolute Gasteiger partial charge is 0.455 e. The molecule has 0 atom stereocenters. The average molecular weight is 1320 g/mol. The van der Waals surface area contributed by atoms with E-state index in [9.17, 15) is 10.0 Å². The predicted molar refractivity (Wildman–Crippen MR) is 419 cm³/mol. The van der Waals surface area contributed by atoms with E-state index in [4.69, 9.17) is 8.83 Å². The zero-order valence-corrected chi connectivity index (χ0v) is 54.6. The predicted octanol–water partition coefficient (Wildman–Crippen LogP) is 24.9. The van der Waals surface area contributed by atoms with Crippen molar-refractivity contribution in [1.82, 2.24) is 0 Å². The van der Waals surface area contributed by atoms with E-state index >= 15 is 0 Å². The molecule has 18 aromatic carbocycles. The first-order valence-corrected chi connectivity index (χ1v) is 33.9. The SMILES string of the molecule is Brc1cccc(-c2ccc3oc4c5ccccc5c5ccccc5c4c3c2)c1.OB(O)c1c2ccccc2c(-c2ccccc2)c2ccccc12.c1ccc(-c2c3ccccc3c(-c3cccc(-c4ccc5oc6c7ccccc7c7ccccc7c6c5c4)c3)c3ccccc23)cc1. The van der Waals surface area contributed by atoms with Gasteiger partial charge in [-0.3, -0.25) is 0 Å². The second-order valence-corrected chi connectivity index (χ2v) is 26.1. The minimum atomic E-state index is -1.50. The summed E-state index contributed by atoms with van der Waals surface area (Å²) in [4.78, 5) is 0. The number of hydrogen-bond donors (Lipinski definition) is 2. The molecule has 0 saturated carbocycles. The van der Waals surface area contributed by atoms with E-state index in [0.29, 0.717) is 5.46 Å². The fraction of sp³-hybridized carbons (Fsp3) is 0. The second kappa shape index (κ2) is 24.4. The van der Waals surface area contributed by atoms with Crippen LogP contribution in [0.25, 0.3) is 186 Å². The van der Waals surface area contributed by atoms with Crippen molar-refractivity contribution in [2.75, 3.05) is 0 Å². The highest BCUT2D eigenvalue weighted by atomic mass is 79.9. The molecule has 6 heteroatoms. The van der Waals surface area contributed by atoms with Crippen molar-refractivity contribution in [2.24, 2.45) is 0 Å². The molecule has 0 amide bonds. The summed E-state index contributed by atoms with van der Waals surface area (Å²) in [6, 6.07) is 119. The Balaban J connectivity index is 0.000000116. The van der Waals surface area contributed by atoms with E-state index in [1.54, 1.807) is 0 Å². The Kier molecular flexibility index (Phi) is 14.6. The number of furan rings is 2. The van der Waals surface area contributed by atoms with Gasteiger partial charge in [-0.25, -0.2) is 0 Å². The van der Waals surface area contributed by atoms with Crippen LogP contribution in [-0.2, 0) is 0 Å². The molecule has 20 rings (SSSR count). The van der Waals surface area contributed by atoms with E-state index in [1.807, 2.05) is 66.7 Å². The Morgan fingerprint density at radius 2 is 0.500 bits per heavy atom. The molecule has 0 aliphatic heterocycles. The molecule has 4 nitrogen and oxygen atoms in total. The molecule has 0 spiro atoms. The fourth-order valence-electron chi connectivity index (χ4n) is 15.4. The second-order valence-electron chi connectivity index (χ2n) is 25.1. The Labute approximate surface area is 573 Å². The van der Waals surface area contributed by atoms with Crippen molar-refractivity contribution in [3.63, 3.8) is 0 Å². The summed E-state index contributed by atoms with van der Waals surface area (Å²) in [5.41, 5.74) is 16.3. The Hall–Kier alpha value is -11.9. The molecule has 0 bridgehead atoms. The molecule has 2 N–H and O–H groups in total. The maximum absolute atomic E-state index is 9.94. The fourth-order valence-corrected chi connectivity index (χ4v) is 15.8. The highest BCUT2D eigenvalue weighted by Gasteiger charge is 2.24. The van der Waals surface area contributed by atoms with Crippen LogP contribution in [0.5, 0.6) is 0 Å². The third-order valence-corrected chi connectivity index (χ3v) is 20.1. The van der Waals surface area contributed by atoms with Crippen LogP contribution in [0.1, 0.15) is 0 Å². The van der Waals surface area contributed by atoms with Gasteiger partial charge in [0, 0.05) is 36.8 Å². The summed E-state index contributed by atoms with van der Waals surface area (Å²) in [5.74, 6) is 0. The molecule has 0 aliphatic rings. The Bertz CT molecular complexity index is 6440. The number of halogens is 1. The minimum Gasteiger partial charge on any atom is -0.455 e. The van der Waals surface area contributed by atoms with E-state index in [1.165, 1.54) is 109 Å². The maximum atomic E-state index is 9.94. The van der Waals surface area contributed by atoms with E-state index < -0.39 is 7.12 Å². The third-order valence-electron chi connectivity index (χ3n) is 19.6. The van der Waals surface area contributed by atoms with Crippen molar-refractivity contribution >= 4 is 159 Å². The lowest BCUT2D eigenvalue weighted by atomic mass is 9.72. The lowest BCUT2D eigenvalue weighted by Gasteiger charge is -2.18. The van der Waals surface area contributed by atoms with Gasteiger partial charge >= 0.3 is 7.12 Å². The van der Waals surface area contributed by atoms with Gasteiger partial charge in [0.05, 0.1) is 0 Å². The highest BCUT2D eigenvalue weighted by Crippen LogP contribution is 2.47. The lowest BCUT2D eigenvalue weighted by Crippen LogP contribution is -2.31. The number of benzene rings is 18.